The van der Waals surface area contributed by atoms with E-state index in [2.05, 4.69) is 4.90 Å². The Morgan fingerprint density at radius 3 is 2.65 bits per heavy atom. The predicted octanol–water partition coefficient (Wildman–Crippen LogP) is 2.28. The van der Waals surface area contributed by atoms with Gasteiger partial charge in [0.25, 0.3) is 0 Å². The molecule has 2 rings (SSSR count). The lowest BCUT2D eigenvalue weighted by Crippen LogP contribution is -2.42. The number of rotatable bonds is 5. The summed E-state index contributed by atoms with van der Waals surface area (Å²) in [6, 6.07) is 4.10. The summed E-state index contributed by atoms with van der Waals surface area (Å²) >= 11 is 0. The Morgan fingerprint density at radius 1 is 1.29 bits per heavy atom. The fraction of sp³-hybridized carbons (Fsp3) is 0.538. The summed E-state index contributed by atoms with van der Waals surface area (Å²) in [6.45, 7) is 1.74. The molecule has 2 nitrogen and oxygen atoms in total. The molecule has 0 spiro atoms. The number of halogens is 2. The molecule has 0 bridgehead atoms. The van der Waals surface area contributed by atoms with Crippen LogP contribution in [-0.2, 0) is 6.54 Å². The lowest BCUT2D eigenvalue weighted by Gasteiger charge is -2.37. The molecule has 0 amide bonds. The van der Waals surface area contributed by atoms with E-state index in [-0.39, 0.29) is 11.6 Å². The van der Waals surface area contributed by atoms with Crippen LogP contribution in [-0.4, -0.2) is 24.0 Å². The van der Waals surface area contributed by atoms with Crippen molar-refractivity contribution in [3.05, 3.63) is 35.4 Å². The zero-order chi connectivity index (χ0) is 12.3. The summed E-state index contributed by atoms with van der Waals surface area (Å²) < 4.78 is 26.6. The first kappa shape index (κ1) is 12.5. The van der Waals surface area contributed by atoms with Gasteiger partial charge in [0, 0.05) is 31.2 Å². The van der Waals surface area contributed by atoms with Crippen LogP contribution in [0.4, 0.5) is 8.78 Å². The summed E-state index contributed by atoms with van der Waals surface area (Å²) in [5.41, 5.74) is 5.98. The van der Waals surface area contributed by atoms with E-state index in [0.29, 0.717) is 24.7 Å². The van der Waals surface area contributed by atoms with Crippen molar-refractivity contribution >= 4 is 0 Å². The molecule has 1 saturated carbocycles. The molecule has 1 aliphatic rings. The lowest BCUT2D eigenvalue weighted by molar-refractivity contribution is 0.122. The number of benzene rings is 1. The third kappa shape index (κ3) is 3.01. The van der Waals surface area contributed by atoms with Crippen molar-refractivity contribution in [2.75, 3.05) is 13.1 Å². The maximum absolute atomic E-state index is 13.5. The second kappa shape index (κ2) is 5.56. The van der Waals surface area contributed by atoms with Gasteiger partial charge in [-0.15, -0.1) is 0 Å². The zero-order valence-corrected chi connectivity index (χ0v) is 9.83. The van der Waals surface area contributed by atoms with Gasteiger partial charge >= 0.3 is 0 Å². The monoisotopic (exact) mass is 240 g/mol. The van der Waals surface area contributed by atoms with Gasteiger partial charge in [-0.05, 0) is 31.0 Å². The normalized spacial score (nSPS) is 16.2. The molecule has 0 radical (unpaired) electrons. The fourth-order valence-electron chi connectivity index (χ4n) is 2.19. The Bertz CT molecular complexity index is 378. The number of nitrogens with zero attached hydrogens (tertiary/aromatic N) is 1. The van der Waals surface area contributed by atoms with E-state index in [1.807, 2.05) is 0 Å². The molecule has 0 unspecified atom stereocenters. The van der Waals surface area contributed by atoms with Crippen LogP contribution in [0.5, 0.6) is 0 Å². The number of hydrogen-bond acceptors (Lipinski definition) is 2. The zero-order valence-electron chi connectivity index (χ0n) is 9.83. The first-order valence-corrected chi connectivity index (χ1v) is 6.08. The lowest BCUT2D eigenvalue weighted by atomic mass is 9.91. The van der Waals surface area contributed by atoms with Crippen LogP contribution in [0.1, 0.15) is 24.8 Å². The smallest absolute Gasteiger partial charge is 0.127 e. The highest BCUT2D eigenvalue weighted by atomic mass is 19.1. The van der Waals surface area contributed by atoms with Crippen LogP contribution in [0.3, 0.4) is 0 Å². The van der Waals surface area contributed by atoms with Gasteiger partial charge in [-0.25, -0.2) is 8.78 Å². The second-order valence-electron chi connectivity index (χ2n) is 4.58. The quantitative estimate of drug-likeness (QED) is 0.855. The van der Waals surface area contributed by atoms with E-state index in [9.17, 15) is 8.78 Å². The molecule has 0 saturated heterocycles. The van der Waals surface area contributed by atoms with Crippen LogP contribution in [0.2, 0.25) is 0 Å². The van der Waals surface area contributed by atoms with Crippen LogP contribution in [0.15, 0.2) is 18.2 Å². The topological polar surface area (TPSA) is 29.3 Å². The Balaban J connectivity index is 2.07. The molecule has 0 aliphatic heterocycles. The largest absolute Gasteiger partial charge is 0.329 e. The molecule has 2 N–H and O–H groups in total. The highest BCUT2D eigenvalue weighted by Gasteiger charge is 2.25. The van der Waals surface area contributed by atoms with Gasteiger partial charge in [0.05, 0.1) is 0 Å². The van der Waals surface area contributed by atoms with Crippen molar-refractivity contribution in [2.24, 2.45) is 5.73 Å². The van der Waals surface area contributed by atoms with Crippen LogP contribution in [0, 0.1) is 11.6 Å². The Morgan fingerprint density at radius 2 is 2.06 bits per heavy atom. The summed E-state index contributed by atoms with van der Waals surface area (Å²) in [7, 11) is 0. The van der Waals surface area contributed by atoms with Crippen molar-refractivity contribution in [2.45, 2.75) is 31.8 Å². The molecular formula is C13H18F2N2. The highest BCUT2D eigenvalue weighted by molar-refractivity contribution is 5.18. The molecular weight excluding hydrogens is 222 g/mol. The SMILES string of the molecule is NCCN(Cc1cc(F)ccc1F)C1CCC1. The van der Waals surface area contributed by atoms with Gasteiger partial charge in [-0.3, -0.25) is 4.90 Å². The summed E-state index contributed by atoms with van der Waals surface area (Å²) in [5.74, 6) is -0.726. The van der Waals surface area contributed by atoms with Gasteiger partial charge in [-0.1, -0.05) is 6.42 Å². The minimum atomic E-state index is -0.386. The molecule has 0 atom stereocenters. The minimum absolute atomic E-state index is 0.340. The molecule has 1 aliphatic carbocycles. The standard InChI is InChI=1S/C13H18F2N2/c14-11-4-5-13(15)10(8-11)9-17(7-6-16)12-2-1-3-12/h4-5,8,12H,1-3,6-7,9,16H2. The van der Waals surface area contributed by atoms with Gasteiger partial charge in [0.2, 0.25) is 0 Å². The van der Waals surface area contributed by atoms with E-state index in [1.54, 1.807) is 0 Å². The van der Waals surface area contributed by atoms with E-state index in [4.69, 9.17) is 5.73 Å². The van der Waals surface area contributed by atoms with Crippen LogP contribution < -0.4 is 5.73 Å². The summed E-state index contributed by atoms with van der Waals surface area (Å²) in [4.78, 5) is 2.15. The third-order valence-electron chi connectivity index (χ3n) is 3.39. The molecule has 17 heavy (non-hydrogen) atoms. The molecule has 0 aromatic heterocycles. The summed E-state index contributed by atoms with van der Waals surface area (Å²) in [5, 5.41) is 0. The van der Waals surface area contributed by atoms with Crippen molar-refractivity contribution < 1.29 is 8.78 Å². The van der Waals surface area contributed by atoms with E-state index in [1.165, 1.54) is 18.6 Å². The molecule has 1 aromatic carbocycles. The van der Waals surface area contributed by atoms with Crippen LogP contribution >= 0.6 is 0 Å². The summed E-state index contributed by atoms with van der Waals surface area (Å²) in [6.07, 6.45) is 3.49. The highest BCUT2D eigenvalue weighted by Crippen LogP contribution is 2.26. The predicted molar refractivity (Wildman–Crippen MR) is 63.5 cm³/mol. The molecule has 4 heteroatoms. The third-order valence-corrected chi connectivity index (χ3v) is 3.39. The number of hydrogen-bond donors (Lipinski definition) is 1. The maximum Gasteiger partial charge on any atom is 0.127 e. The van der Waals surface area contributed by atoms with Crippen molar-refractivity contribution in [3.63, 3.8) is 0 Å². The number of nitrogens with two attached hydrogens (primary N) is 1. The van der Waals surface area contributed by atoms with Crippen LogP contribution in [0.25, 0.3) is 0 Å². The van der Waals surface area contributed by atoms with E-state index >= 15 is 0 Å². The first-order valence-electron chi connectivity index (χ1n) is 6.08. The first-order chi connectivity index (χ1) is 8.20. The Hall–Kier alpha value is -1.00. The van der Waals surface area contributed by atoms with Gasteiger partial charge in [-0.2, -0.15) is 0 Å². The Labute approximate surface area is 100 Å². The maximum atomic E-state index is 13.5. The van der Waals surface area contributed by atoms with Crippen molar-refractivity contribution in [3.8, 4) is 0 Å². The van der Waals surface area contributed by atoms with Gasteiger partial charge in [0.1, 0.15) is 11.6 Å². The fourth-order valence-corrected chi connectivity index (χ4v) is 2.19. The van der Waals surface area contributed by atoms with E-state index < -0.39 is 0 Å². The average molecular weight is 240 g/mol. The minimum Gasteiger partial charge on any atom is -0.329 e. The molecule has 1 fully saturated rings. The average Bonchev–Trinajstić information content (AvgIpc) is 2.21. The molecule has 1 aromatic rings. The van der Waals surface area contributed by atoms with Crippen molar-refractivity contribution in [1.82, 2.24) is 4.90 Å². The molecule has 0 heterocycles. The van der Waals surface area contributed by atoms with Gasteiger partial charge in [0.15, 0.2) is 0 Å². The molecule has 94 valence electrons. The van der Waals surface area contributed by atoms with Gasteiger partial charge < -0.3 is 5.73 Å². The second-order valence-corrected chi connectivity index (χ2v) is 4.58. The van der Waals surface area contributed by atoms with Crippen molar-refractivity contribution in [1.29, 1.82) is 0 Å². The van der Waals surface area contributed by atoms with E-state index in [0.717, 1.165) is 25.5 Å². The Kier molecular flexibility index (Phi) is 4.07.